The van der Waals surface area contributed by atoms with E-state index in [0.717, 1.165) is 25.1 Å². The molecule has 3 nitrogen and oxygen atoms in total. The third kappa shape index (κ3) is 6.03. The fourth-order valence-corrected chi connectivity index (χ4v) is 1.85. The van der Waals surface area contributed by atoms with Crippen LogP contribution in [0.25, 0.3) is 0 Å². The molecule has 0 aliphatic heterocycles. The molecule has 0 fully saturated rings. The van der Waals surface area contributed by atoms with Gasteiger partial charge in [0.25, 0.3) is 0 Å². The van der Waals surface area contributed by atoms with Crippen molar-refractivity contribution in [2.75, 3.05) is 20.3 Å². The first kappa shape index (κ1) is 15.0. The molecule has 0 aliphatic rings. The fraction of sp³-hybridized carbons (Fsp3) is 0.600. The van der Waals surface area contributed by atoms with Crippen LogP contribution in [0.15, 0.2) is 24.3 Å². The molecule has 0 spiro atoms. The van der Waals surface area contributed by atoms with Gasteiger partial charge in [-0.05, 0) is 38.1 Å². The van der Waals surface area contributed by atoms with Crippen molar-refractivity contribution in [3.63, 3.8) is 0 Å². The number of hydrogen-bond acceptors (Lipinski definition) is 3. The predicted octanol–water partition coefficient (Wildman–Crippen LogP) is 2.99. The summed E-state index contributed by atoms with van der Waals surface area (Å²) in [6.07, 6.45) is 2.60. The quantitative estimate of drug-likeness (QED) is 0.684. The van der Waals surface area contributed by atoms with Crippen molar-refractivity contribution in [2.24, 2.45) is 0 Å². The molecular weight excluding hydrogens is 226 g/mol. The van der Waals surface area contributed by atoms with E-state index in [0.29, 0.717) is 19.3 Å². The number of hydrogen-bond donors (Lipinski definition) is 1. The van der Waals surface area contributed by atoms with Gasteiger partial charge in [-0.1, -0.05) is 25.5 Å². The Morgan fingerprint density at radius 1 is 1.28 bits per heavy atom. The summed E-state index contributed by atoms with van der Waals surface area (Å²) >= 11 is 0. The second kappa shape index (κ2) is 8.95. The van der Waals surface area contributed by atoms with Gasteiger partial charge in [0.2, 0.25) is 0 Å². The van der Waals surface area contributed by atoms with Crippen molar-refractivity contribution in [1.29, 1.82) is 0 Å². The van der Waals surface area contributed by atoms with Crippen molar-refractivity contribution in [3.8, 4) is 5.75 Å². The van der Waals surface area contributed by atoms with Crippen LogP contribution in [0.2, 0.25) is 0 Å². The number of nitrogens with one attached hydrogen (secondary N) is 1. The molecule has 0 saturated heterocycles. The predicted molar refractivity (Wildman–Crippen MR) is 75.0 cm³/mol. The normalized spacial score (nSPS) is 12.4. The summed E-state index contributed by atoms with van der Waals surface area (Å²) in [5.74, 6) is 0.912. The lowest BCUT2D eigenvalue weighted by atomic mass is 10.2. The first-order valence-electron chi connectivity index (χ1n) is 6.74. The van der Waals surface area contributed by atoms with Gasteiger partial charge in [-0.25, -0.2) is 0 Å². The molecule has 0 aliphatic carbocycles. The molecule has 0 aromatic heterocycles. The minimum Gasteiger partial charge on any atom is -0.491 e. The Morgan fingerprint density at radius 3 is 2.83 bits per heavy atom. The molecule has 1 aromatic carbocycles. The molecule has 102 valence electrons. The topological polar surface area (TPSA) is 30.5 Å². The molecule has 0 bridgehead atoms. The maximum absolute atomic E-state index is 5.67. The minimum atomic E-state index is 0.328. The highest BCUT2D eigenvalue weighted by Gasteiger charge is 2.00. The Labute approximate surface area is 110 Å². The molecule has 1 N–H and O–H groups in total. The Morgan fingerprint density at radius 2 is 2.11 bits per heavy atom. The molecule has 3 heteroatoms. The monoisotopic (exact) mass is 251 g/mol. The van der Waals surface area contributed by atoms with E-state index < -0.39 is 0 Å². The summed E-state index contributed by atoms with van der Waals surface area (Å²) < 4.78 is 11.3. The summed E-state index contributed by atoms with van der Waals surface area (Å²) in [6.45, 7) is 6.40. The standard InChI is InChI=1S/C15H25NO2/c1-4-6-13(2)17-9-10-18-15-8-5-7-14(11-15)12-16-3/h5,7-8,11,13,16H,4,6,9-10,12H2,1-3H3. The zero-order chi connectivity index (χ0) is 13.2. The SMILES string of the molecule is CCCC(C)OCCOc1cccc(CNC)c1. The van der Waals surface area contributed by atoms with E-state index in [-0.39, 0.29) is 0 Å². The number of rotatable bonds is 9. The summed E-state index contributed by atoms with van der Waals surface area (Å²) in [7, 11) is 1.94. The minimum absolute atomic E-state index is 0.328. The number of ether oxygens (including phenoxy) is 2. The molecule has 18 heavy (non-hydrogen) atoms. The first-order valence-corrected chi connectivity index (χ1v) is 6.74. The van der Waals surface area contributed by atoms with Crippen molar-refractivity contribution in [2.45, 2.75) is 39.3 Å². The zero-order valence-electron chi connectivity index (χ0n) is 11.7. The van der Waals surface area contributed by atoms with Crippen LogP contribution in [0.5, 0.6) is 5.75 Å². The largest absolute Gasteiger partial charge is 0.491 e. The van der Waals surface area contributed by atoms with E-state index in [1.807, 2.05) is 19.2 Å². The Hall–Kier alpha value is -1.06. The highest BCUT2D eigenvalue weighted by molar-refractivity contribution is 5.28. The third-order valence-corrected chi connectivity index (χ3v) is 2.73. The van der Waals surface area contributed by atoms with Crippen molar-refractivity contribution in [3.05, 3.63) is 29.8 Å². The molecule has 0 amide bonds. The molecule has 1 atom stereocenters. The zero-order valence-corrected chi connectivity index (χ0v) is 11.7. The van der Waals surface area contributed by atoms with Crippen molar-refractivity contribution < 1.29 is 9.47 Å². The van der Waals surface area contributed by atoms with E-state index in [1.54, 1.807) is 0 Å². The fourth-order valence-electron chi connectivity index (χ4n) is 1.85. The Balaban J connectivity index is 2.24. The van der Waals surface area contributed by atoms with E-state index in [4.69, 9.17) is 9.47 Å². The highest BCUT2D eigenvalue weighted by atomic mass is 16.5. The van der Waals surface area contributed by atoms with Crippen LogP contribution in [0.3, 0.4) is 0 Å². The van der Waals surface area contributed by atoms with Crippen LogP contribution in [0.4, 0.5) is 0 Å². The summed E-state index contributed by atoms with van der Waals surface area (Å²) in [6, 6.07) is 8.15. The summed E-state index contributed by atoms with van der Waals surface area (Å²) in [5.41, 5.74) is 1.23. The maximum atomic E-state index is 5.67. The smallest absolute Gasteiger partial charge is 0.119 e. The third-order valence-electron chi connectivity index (χ3n) is 2.73. The summed E-state index contributed by atoms with van der Waals surface area (Å²) in [5, 5.41) is 3.13. The van der Waals surface area contributed by atoms with Crippen LogP contribution < -0.4 is 10.1 Å². The van der Waals surface area contributed by atoms with Gasteiger partial charge in [0.15, 0.2) is 0 Å². The van der Waals surface area contributed by atoms with Crippen LogP contribution in [-0.2, 0) is 11.3 Å². The van der Waals surface area contributed by atoms with Crippen molar-refractivity contribution in [1.82, 2.24) is 5.32 Å². The lowest BCUT2D eigenvalue weighted by Gasteiger charge is -2.13. The van der Waals surface area contributed by atoms with Gasteiger partial charge in [0.05, 0.1) is 12.7 Å². The van der Waals surface area contributed by atoms with Gasteiger partial charge in [-0.2, -0.15) is 0 Å². The Bertz CT molecular complexity index is 328. The van der Waals surface area contributed by atoms with Gasteiger partial charge in [0.1, 0.15) is 12.4 Å². The lowest BCUT2D eigenvalue weighted by Crippen LogP contribution is -2.14. The van der Waals surface area contributed by atoms with Gasteiger partial charge in [-0.15, -0.1) is 0 Å². The summed E-state index contributed by atoms with van der Waals surface area (Å²) in [4.78, 5) is 0. The van der Waals surface area contributed by atoms with Gasteiger partial charge in [-0.3, -0.25) is 0 Å². The molecule has 0 heterocycles. The highest BCUT2D eigenvalue weighted by Crippen LogP contribution is 2.13. The molecule has 1 rings (SSSR count). The number of benzene rings is 1. The van der Waals surface area contributed by atoms with E-state index in [9.17, 15) is 0 Å². The second-order valence-electron chi connectivity index (χ2n) is 4.50. The van der Waals surface area contributed by atoms with Gasteiger partial charge >= 0.3 is 0 Å². The van der Waals surface area contributed by atoms with Gasteiger partial charge in [0, 0.05) is 6.54 Å². The second-order valence-corrected chi connectivity index (χ2v) is 4.50. The molecule has 0 radical (unpaired) electrons. The Kier molecular flexibility index (Phi) is 7.46. The van der Waals surface area contributed by atoms with Crippen LogP contribution in [0, 0.1) is 0 Å². The van der Waals surface area contributed by atoms with Crippen LogP contribution >= 0.6 is 0 Å². The molecular formula is C15H25NO2. The van der Waals surface area contributed by atoms with Gasteiger partial charge < -0.3 is 14.8 Å². The average molecular weight is 251 g/mol. The molecule has 1 unspecified atom stereocenters. The molecule has 0 saturated carbocycles. The molecule has 1 aromatic rings. The van der Waals surface area contributed by atoms with Crippen LogP contribution in [0.1, 0.15) is 32.3 Å². The maximum Gasteiger partial charge on any atom is 0.119 e. The lowest BCUT2D eigenvalue weighted by molar-refractivity contribution is 0.0395. The van der Waals surface area contributed by atoms with E-state index in [1.165, 1.54) is 5.56 Å². The van der Waals surface area contributed by atoms with Crippen molar-refractivity contribution >= 4 is 0 Å². The average Bonchev–Trinajstić information content (AvgIpc) is 2.36. The first-order chi connectivity index (χ1) is 8.76. The van der Waals surface area contributed by atoms with E-state index in [2.05, 4.69) is 31.3 Å². The van der Waals surface area contributed by atoms with Crippen LogP contribution in [-0.4, -0.2) is 26.4 Å². The van der Waals surface area contributed by atoms with E-state index >= 15 is 0 Å².